The molecule has 1 amide bonds. The molecule has 1 heterocycles. The highest BCUT2D eigenvalue weighted by atomic mass is 32.1. The maximum absolute atomic E-state index is 11.9. The lowest BCUT2D eigenvalue weighted by molar-refractivity contribution is -0.116. The van der Waals surface area contributed by atoms with Gasteiger partial charge in [0, 0.05) is 29.1 Å². The summed E-state index contributed by atoms with van der Waals surface area (Å²) in [6.45, 7) is 2.14. The summed E-state index contributed by atoms with van der Waals surface area (Å²) in [5.41, 5.74) is 2.93. The van der Waals surface area contributed by atoms with Crippen molar-refractivity contribution >= 4 is 28.1 Å². The second-order valence-electron chi connectivity index (χ2n) is 6.75. The fourth-order valence-electron chi connectivity index (χ4n) is 3.20. The van der Waals surface area contributed by atoms with E-state index in [0.717, 1.165) is 41.3 Å². The van der Waals surface area contributed by atoms with Gasteiger partial charge in [-0.05, 0) is 31.4 Å². The lowest BCUT2D eigenvalue weighted by atomic mass is 10.1. The lowest BCUT2D eigenvalue weighted by Crippen LogP contribution is -2.14. The molecule has 0 saturated heterocycles. The quantitative estimate of drug-likeness (QED) is 0.597. The third-order valence-electron chi connectivity index (χ3n) is 4.66. The topological polar surface area (TPSA) is 54.0 Å². The highest BCUT2D eigenvalue weighted by Crippen LogP contribution is 2.29. The van der Waals surface area contributed by atoms with Crippen molar-refractivity contribution in [2.75, 3.05) is 10.6 Å². The van der Waals surface area contributed by atoms with Gasteiger partial charge < -0.3 is 10.6 Å². The Morgan fingerprint density at radius 1 is 1.20 bits per heavy atom. The molecule has 134 valence electrons. The van der Waals surface area contributed by atoms with E-state index in [2.05, 4.69) is 22.9 Å². The molecule has 1 aromatic heterocycles. The number of nitrogens with one attached hydrogen (secondary N) is 2. The summed E-state index contributed by atoms with van der Waals surface area (Å²) < 4.78 is 0. The van der Waals surface area contributed by atoms with Gasteiger partial charge in [-0.1, -0.05) is 44.7 Å². The fraction of sp³-hybridized carbons (Fsp3) is 0.500. The molecule has 3 rings (SSSR count). The van der Waals surface area contributed by atoms with E-state index >= 15 is 0 Å². The SMILES string of the molecule is CCCCCC(=O)Nc1ccc(-c2csc(NC3CCCC3)n2)cc1. The van der Waals surface area contributed by atoms with Gasteiger partial charge in [0.25, 0.3) is 0 Å². The zero-order chi connectivity index (χ0) is 17.5. The zero-order valence-electron chi connectivity index (χ0n) is 14.9. The first-order valence-electron chi connectivity index (χ1n) is 9.37. The largest absolute Gasteiger partial charge is 0.359 e. The molecule has 0 aliphatic heterocycles. The molecule has 2 aromatic rings. The molecule has 0 atom stereocenters. The van der Waals surface area contributed by atoms with E-state index in [-0.39, 0.29) is 5.91 Å². The molecule has 5 heteroatoms. The summed E-state index contributed by atoms with van der Waals surface area (Å²) in [4.78, 5) is 16.6. The number of aromatic nitrogens is 1. The van der Waals surface area contributed by atoms with Gasteiger partial charge in [-0.3, -0.25) is 4.79 Å². The third kappa shape index (κ3) is 5.30. The van der Waals surface area contributed by atoms with Crippen LogP contribution in [0.1, 0.15) is 58.3 Å². The summed E-state index contributed by atoms with van der Waals surface area (Å²) in [5.74, 6) is 0.0953. The van der Waals surface area contributed by atoms with Gasteiger partial charge in [-0.15, -0.1) is 11.3 Å². The molecular formula is C20H27N3OS. The molecule has 2 N–H and O–H groups in total. The number of carbonyl (C=O) groups excluding carboxylic acids is 1. The number of benzene rings is 1. The van der Waals surface area contributed by atoms with Crippen LogP contribution in [-0.4, -0.2) is 16.9 Å². The molecule has 4 nitrogen and oxygen atoms in total. The second-order valence-corrected chi connectivity index (χ2v) is 7.60. The molecule has 25 heavy (non-hydrogen) atoms. The first-order valence-corrected chi connectivity index (χ1v) is 10.2. The molecule has 0 unspecified atom stereocenters. The van der Waals surface area contributed by atoms with Gasteiger partial charge in [0.15, 0.2) is 5.13 Å². The summed E-state index contributed by atoms with van der Waals surface area (Å²) in [5, 5.41) is 9.61. The monoisotopic (exact) mass is 357 g/mol. The third-order valence-corrected chi connectivity index (χ3v) is 5.43. The van der Waals surface area contributed by atoms with E-state index < -0.39 is 0 Å². The highest BCUT2D eigenvalue weighted by molar-refractivity contribution is 7.14. The van der Waals surface area contributed by atoms with Crippen molar-refractivity contribution in [3.8, 4) is 11.3 Å². The lowest BCUT2D eigenvalue weighted by Gasteiger charge is -2.09. The summed E-state index contributed by atoms with van der Waals surface area (Å²) in [6, 6.07) is 8.54. The number of nitrogens with zero attached hydrogens (tertiary/aromatic N) is 1. The number of anilines is 2. The van der Waals surface area contributed by atoms with Crippen LogP contribution in [0, 0.1) is 0 Å². The Labute approximate surface area is 154 Å². The minimum Gasteiger partial charge on any atom is -0.359 e. The van der Waals surface area contributed by atoms with Crippen molar-refractivity contribution in [1.82, 2.24) is 4.98 Å². The Bertz CT molecular complexity index is 675. The van der Waals surface area contributed by atoms with Crippen molar-refractivity contribution in [1.29, 1.82) is 0 Å². The summed E-state index contributed by atoms with van der Waals surface area (Å²) >= 11 is 1.67. The van der Waals surface area contributed by atoms with Crippen molar-refractivity contribution in [2.24, 2.45) is 0 Å². The minimum absolute atomic E-state index is 0.0953. The Balaban J connectivity index is 1.55. The number of thiazole rings is 1. The van der Waals surface area contributed by atoms with Gasteiger partial charge in [0.2, 0.25) is 5.91 Å². The number of hydrogen-bond acceptors (Lipinski definition) is 4. The van der Waals surface area contributed by atoms with Crippen molar-refractivity contribution in [3.05, 3.63) is 29.6 Å². The molecule has 0 bridgehead atoms. The Morgan fingerprint density at radius 3 is 2.68 bits per heavy atom. The summed E-state index contributed by atoms with van der Waals surface area (Å²) in [7, 11) is 0. The van der Waals surface area contributed by atoms with Crippen LogP contribution in [0.4, 0.5) is 10.8 Å². The van der Waals surface area contributed by atoms with Crippen LogP contribution >= 0.6 is 11.3 Å². The van der Waals surface area contributed by atoms with Gasteiger partial charge in [0.1, 0.15) is 0 Å². The van der Waals surface area contributed by atoms with E-state index in [1.165, 1.54) is 25.7 Å². The first-order chi connectivity index (χ1) is 12.2. The Kier molecular flexibility index (Phi) is 6.45. The highest BCUT2D eigenvalue weighted by Gasteiger charge is 2.16. The van der Waals surface area contributed by atoms with E-state index in [4.69, 9.17) is 4.98 Å². The van der Waals surface area contributed by atoms with Gasteiger partial charge in [-0.2, -0.15) is 0 Å². The maximum atomic E-state index is 11.9. The van der Waals surface area contributed by atoms with Crippen LogP contribution < -0.4 is 10.6 Å². The molecule has 1 aliphatic rings. The average Bonchev–Trinajstić information content (AvgIpc) is 3.28. The normalized spacial score (nSPS) is 14.6. The van der Waals surface area contributed by atoms with Gasteiger partial charge in [0.05, 0.1) is 5.69 Å². The van der Waals surface area contributed by atoms with Gasteiger partial charge in [-0.25, -0.2) is 4.98 Å². The van der Waals surface area contributed by atoms with E-state index in [1.54, 1.807) is 11.3 Å². The number of amides is 1. The minimum atomic E-state index is 0.0953. The maximum Gasteiger partial charge on any atom is 0.224 e. The first kappa shape index (κ1) is 17.9. The van der Waals surface area contributed by atoms with Crippen LogP contribution in [0.3, 0.4) is 0 Å². The van der Waals surface area contributed by atoms with Crippen molar-refractivity contribution in [2.45, 2.75) is 64.3 Å². The molecule has 1 aromatic carbocycles. The number of hydrogen-bond donors (Lipinski definition) is 2. The van der Waals surface area contributed by atoms with E-state index in [1.807, 2.05) is 24.3 Å². The average molecular weight is 358 g/mol. The van der Waals surface area contributed by atoms with E-state index in [9.17, 15) is 4.79 Å². The van der Waals surface area contributed by atoms with Crippen LogP contribution in [0.15, 0.2) is 29.6 Å². The van der Waals surface area contributed by atoms with Crippen molar-refractivity contribution in [3.63, 3.8) is 0 Å². The standard InChI is InChI=1S/C20H27N3OS/c1-2-3-4-9-19(24)21-17-12-10-15(11-13-17)18-14-25-20(23-18)22-16-7-5-6-8-16/h10-14,16H,2-9H2,1H3,(H,21,24)(H,22,23). The molecule has 0 spiro atoms. The van der Waals surface area contributed by atoms with Gasteiger partial charge >= 0.3 is 0 Å². The smallest absolute Gasteiger partial charge is 0.224 e. The fourth-order valence-corrected chi connectivity index (χ4v) is 4.00. The number of carbonyl (C=O) groups is 1. The van der Waals surface area contributed by atoms with Crippen LogP contribution in [0.2, 0.25) is 0 Å². The molecule has 1 saturated carbocycles. The molecular weight excluding hydrogens is 330 g/mol. The predicted molar refractivity (Wildman–Crippen MR) is 106 cm³/mol. The van der Waals surface area contributed by atoms with Crippen LogP contribution in [-0.2, 0) is 4.79 Å². The zero-order valence-corrected chi connectivity index (χ0v) is 15.7. The number of rotatable bonds is 8. The predicted octanol–water partition coefficient (Wildman–Crippen LogP) is 5.68. The van der Waals surface area contributed by atoms with Crippen LogP contribution in [0.25, 0.3) is 11.3 Å². The Hall–Kier alpha value is -1.88. The second kappa shape index (κ2) is 8.99. The summed E-state index contributed by atoms with van der Waals surface area (Å²) in [6.07, 6.45) is 8.93. The molecule has 0 radical (unpaired) electrons. The molecule has 1 fully saturated rings. The van der Waals surface area contributed by atoms with Crippen LogP contribution in [0.5, 0.6) is 0 Å². The van der Waals surface area contributed by atoms with E-state index in [0.29, 0.717) is 12.5 Å². The Morgan fingerprint density at radius 2 is 1.96 bits per heavy atom. The molecule has 1 aliphatic carbocycles. The number of unbranched alkanes of at least 4 members (excludes halogenated alkanes) is 2. The van der Waals surface area contributed by atoms with Crippen molar-refractivity contribution < 1.29 is 4.79 Å².